The lowest BCUT2D eigenvalue weighted by Gasteiger charge is -2.10. The van der Waals surface area contributed by atoms with E-state index < -0.39 is 0 Å². The van der Waals surface area contributed by atoms with E-state index in [1.165, 1.54) is 6.26 Å². The maximum Gasteiger partial charge on any atom is 0.254 e. The van der Waals surface area contributed by atoms with Gasteiger partial charge in [-0.15, -0.1) is 0 Å². The highest BCUT2D eigenvalue weighted by molar-refractivity contribution is 6.32. The van der Waals surface area contributed by atoms with Gasteiger partial charge in [-0.3, -0.25) is 9.78 Å². The third-order valence-electron chi connectivity index (χ3n) is 3.08. The van der Waals surface area contributed by atoms with Gasteiger partial charge in [0.2, 0.25) is 0 Å². The minimum atomic E-state index is -0.248. The third kappa shape index (κ3) is 5.28. The number of pyridine rings is 1. The van der Waals surface area contributed by atoms with Gasteiger partial charge in [0.1, 0.15) is 12.4 Å². The van der Waals surface area contributed by atoms with Crippen LogP contribution in [0.2, 0.25) is 5.02 Å². The van der Waals surface area contributed by atoms with Crippen molar-refractivity contribution in [3.63, 3.8) is 0 Å². The summed E-state index contributed by atoms with van der Waals surface area (Å²) in [4.78, 5) is 16.2. The summed E-state index contributed by atoms with van der Waals surface area (Å²) >= 11 is 6.21. The van der Waals surface area contributed by atoms with E-state index in [9.17, 15) is 4.79 Å². The lowest BCUT2D eigenvalue weighted by Crippen LogP contribution is -2.13. The molecule has 1 N–H and O–H groups in total. The van der Waals surface area contributed by atoms with Crippen LogP contribution < -0.4 is 10.1 Å². The Morgan fingerprint density at radius 1 is 1.33 bits per heavy atom. The Labute approximate surface area is 146 Å². The number of rotatable bonds is 7. The quantitative estimate of drug-likeness (QED) is 0.603. The van der Waals surface area contributed by atoms with Crippen LogP contribution >= 0.6 is 11.6 Å². The van der Waals surface area contributed by atoms with Gasteiger partial charge in [0, 0.05) is 17.5 Å². The fraction of sp³-hybridized carbons (Fsp3) is 0.222. The summed E-state index contributed by atoms with van der Waals surface area (Å²) in [6, 6.07) is 10.7. The van der Waals surface area contributed by atoms with Crippen molar-refractivity contribution in [2.45, 2.75) is 20.5 Å². The third-order valence-corrected chi connectivity index (χ3v) is 3.37. The summed E-state index contributed by atoms with van der Waals surface area (Å²) in [5, 5.41) is 3.17. The summed E-state index contributed by atoms with van der Waals surface area (Å²) in [7, 11) is 0. The highest BCUT2D eigenvalue weighted by atomic mass is 35.5. The van der Waals surface area contributed by atoms with Gasteiger partial charge >= 0.3 is 0 Å². The van der Waals surface area contributed by atoms with Crippen LogP contribution in [-0.4, -0.2) is 17.5 Å². The molecular weight excluding hydrogens is 328 g/mol. The number of carbonyl (C=O) groups excluding carboxylic acids is 1. The van der Waals surface area contributed by atoms with E-state index in [0.717, 1.165) is 5.69 Å². The van der Waals surface area contributed by atoms with Gasteiger partial charge in [-0.2, -0.15) is 0 Å². The van der Waals surface area contributed by atoms with Crippen molar-refractivity contribution in [1.82, 2.24) is 4.98 Å². The Bertz CT molecular complexity index is 717. The highest BCUT2D eigenvalue weighted by Gasteiger charge is 2.08. The van der Waals surface area contributed by atoms with Crippen LogP contribution in [0.3, 0.4) is 0 Å². The van der Waals surface area contributed by atoms with E-state index in [4.69, 9.17) is 21.1 Å². The minimum Gasteiger partial charge on any atom is -0.501 e. The molecule has 2 rings (SSSR count). The number of ether oxygens (including phenoxy) is 2. The standard InChI is InChI=1S/C18H19ClN2O3/c1-3-23-11-13(2)18(22)21-14-7-8-17(16(19)10-14)24-12-15-6-4-5-9-20-15/h4-11H,3,12H2,1-2H3,(H,21,22)/b13-11-. The number of hydrogen-bond acceptors (Lipinski definition) is 4. The SMILES string of the molecule is CCO/C=C(/C)C(=O)Nc1ccc(OCc2ccccn2)c(Cl)c1. The number of halogens is 1. The average Bonchev–Trinajstić information content (AvgIpc) is 2.59. The van der Waals surface area contributed by atoms with Gasteiger partial charge in [0.15, 0.2) is 0 Å². The zero-order valence-electron chi connectivity index (χ0n) is 13.6. The molecule has 1 aromatic carbocycles. The normalized spacial score (nSPS) is 11.0. The molecule has 0 radical (unpaired) electrons. The molecule has 0 aliphatic carbocycles. The zero-order valence-corrected chi connectivity index (χ0v) is 14.3. The number of amides is 1. The van der Waals surface area contributed by atoms with Crippen LogP contribution in [0.5, 0.6) is 5.75 Å². The largest absolute Gasteiger partial charge is 0.501 e. The topological polar surface area (TPSA) is 60.5 Å². The summed E-state index contributed by atoms with van der Waals surface area (Å²) in [6.07, 6.45) is 3.14. The second-order valence-electron chi connectivity index (χ2n) is 4.97. The Balaban J connectivity index is 1.97. The lowest BCUT2D eigenvalue weighted by atomic mass is 10.2. The molecule has 5 nitrogen and oxygen atoms in total. The van der Waals surface area contributed by atoms with Gasteiger partial charge in [-0.1, -0.05) is 17.7 Å². The van der Waals surface area contributed by atoms with E-state index >= 15 is 0 Å². The number of hydrogen-bond donors (Lipinski definition) is 1. The van der Waals surface area contributed by atoms with Gasteiger partial charge < -0.3 is 14.8 Å². The Morgan fingerprint density at radius 2 is 2.17 bits per heavy atom. The molecule has 1 aromatic heterocycles. The van der Waals surface area contributed by atoms with E-state index in [0.29, 0.717) is 35.2 Å². The van der Waals surface area contributed by atoms with Crippen LogP contribution in [0.15, 0.2) is 54.4 Å². The van der Waals surface area contributed by atoms with Gasteiger partial charge in [-0.05, 0) is 44.2 Å². The van der Waals surface area contributed by atoms with E-state index in [-0.39, 0.29) is 5.91 Å². The summed E-state index contributed by atoms with van der Waals surface area (Å²) in [6.45, 7) is 4.36. The van der Waals surface area contributed by atoms with Crippen LogP contribution in [0, 0.1) is 0 Å². The lowest BCUT2D eigenvalue weighted by molar-refractivity contribution is -0.112. The van der Waals surface area contributed by atoms with E-state index in [1.54, 1.807) is 31.3 Å². The van der Waals surface area contributed by atoms with E-state index in [1.807, 2.05) is 25.1 Å². The molecule has 0 aliphatic rings. The molecule has 0 atom stereocenters. The van der Waals surface area contributed by atoms with Gasteiger partial charge in [0.25, 0.3) is 5.91 Å². The van der Waals surface area contributed by atoms with Crippen molar-refractivity contribution >= 4 is 23.2 Å². The molecule has 0 saturated heterocycles. The fourth-order valence-electron chi connectivity index (χ4n) is 1.82. The first-order valence-corrected chi connectivity index (χ1v) is 7.90. The summed E-state index contributed by atoms with van der Waals surface area (Å²) < 4.78 is 10.7. The first-order valence-electron chi connectivity index (χ1n) is 7.52. The Morgan fingerprint density at radius 3 is 2.83 bits per heavy atom. The van der Waals surface area contributed by atoms with Gasteiger partial charge in [0.05, 0.1) is 23.6 Å². The maximum absolute atomic E-state index is 12.0. The van der Waals surface area contributed by atoms with Crippen LogP contribution in [-0.2, 0) is 16.1 Å². The molecule has 2 aromatic rings. The van der Waals surface area contributed by atoms with Crippen molar-refractivity contribution in [3.8, 4) is 5.75 Å². The molecule has 0 spiro atoms. The second-order valence-corrected chi connectivity index (χ2v) is 5.37. The molecule has 6 heteroatoms. The predicted octanol–water partition coefficient (Wildman–Crippen LogP) is 4.19. The van der Waals surface area contributed by atoms with Crippen LogP contribution in [0.1, 0.15) is 19.5 Å². The highest BCUT2D eigenvalue weighted by Crippen LogP contribution is 2.28. The van der Waals surface area contributed by atoms with Crippen molar-refractivity contribution in [3.05, 3.63) is 65.1 Å². The number of carbonyl (C=O) groups is 1. The summed E-state index contributed by atoms with van der Waals surface area (Å²) in [5.41, 5.74) is 1.87. The fourth-order valence-corrected chi connectivity index (χ4v) is 2.06. The molecule has 0 bridgehead atoms. The zero-order chi connectivity index (χ0) is 17.4. The molecule has 0 saturated carbocycles. The second kappa shape index (κ2) is 8.93. The van der Waals surface area contributed by atoms with Crippen molar-refractivity contribution < 1.29 is 14.3 Å². The van der Waals surface area contributed by atoms with Crippen molar-refractivity contribution in [1.29, 1.82) is 0 Å². The molecule has 0 aliphatic heterocycles. The Hall–Kier alpha value is -2.53. The Kier molecular flexibility index (Phi) is 6.63. The molecule has 0 fully saturated rings. The molecule has 1 heterocycles. The number of nitrogens with one attached hydrogen (secondary N) is 1. The number of nitrogens with zero attached hydrogens (tertiary/aromatic N) is 1. The van der Waals surface area contributed by atoms with E-state index in [2.05, 4.69) is 10.3 Å². The molecule has 0 unspecified atom stereocenters. The monoisotopic (exact) mass is 346 g/mol. The predicted molar refractivity (Wildman–Crippen MR) is 94.0 cm³/mol. The summed E-state index contributed by atoms with van der Waals surface area (Å²) in [5.74, 6) is 0.281. The van der Waals surface area contributed by atoms with Crippen LogP contribution in [0.4, 0.5) is 5.69 Å². The number of benzene rings is 1. The maximum atomic E-state index is 12.0. The smallest absolute Gasteiger partial charge is 0.254 e. The number of aromatic nitrogens is 1. The number of anilines is 1. The first-order chi connectivity index (χ1) is 11.6. The molecule has 1 amide bonds. The average molecular weight is 347 g/mol. The van der Waals surface area contributed by atoms with Gasteiger partial charge in [-0.25, -0.2) is 0 Å². The van der Waals surface area contributed by atoms with Crippen molar-refractivity contribution in [2.24, 2.45) is 0 Å². The van der Waals surface area contributed by atoms with Crippen molar-refractivity contribution in [2.75, 3.05) is 11.9 Å². The first kappa shape index (κ1) is 17.8. The van der Waals surface area contributed by atoms with Crippen LogP contribution in [0.25, 0.3) is 0 Å². The molecule has 24 heavy (non-hydrogen) atoms. The molecular formula is C18H19ClN2O3. The minimum absolute atomic E-state index is 0.248. The molecule has 126 valence electrons.